The molecule has 2 N–H and O–H groups in total. The Balaban J connectivity index is 1.74. The van der Waals surface area contributed by atoms with Crippen molar-refractivity contribution in [2.75, 3.05) is 0 Å². The summed E-state index contributed by atoms with van der Waals surface area (Å²) >= 11 is 5.94. The molecule has 7 heteroatoms. The highest BCUT2D eigenvalue weighted by Gasteiger charge is 2.32. The number of rotatable bonds is 3. The molecule has 0 saturated heterocycles. The third kappa shape index (κ3) is 3.80. The van der Waals surface area contributed by atoms with Crippen molar-refractivity contribution in [2.45, 2.75) is 40.0 Å². The number of benzene rings is 1. The molecule has 138 valence electrons. The van der Waals surface area contributed by atoms with Crippen LogP contribution in [0.25, 0.3) is 0 Å². The zero-order valence-electron chi connectivity index (χ0n) is 15.1. The first-order valence-electron chi connectivity index (χ1n) is 8.61. The molecule has 1 aromatic carbocycles. The number of hydrogen-bond donors (Lipinski definition) is 2. The fraction of sp³-hybridized carbons (Fsp3) is 0.421. The Labute approximate surface area is 157 Å². The first-order valence-corrected chi connectivity index (χ1v) is 8.98. The van der Waals surface area contributed by atoms with Crippen molar-refractivity contribution < 1.29 is 9.18 Å². The lowest BCUT2D eigenvalue weighted by molar-refractivity contribution is 0.0948. The number of carbonyl (C=O) groups excluding carboxylic acids is 1. The number of aryl methyl sites for hydroxylation is 1. The van der Waals surface area contributed by atoms with E-state index >= 15 is 0 Å². The highest BCUT2D eigenvalue weighted by atomic mass is 35.5. The number of H-pyrrole nitrogens is 1. The van der Waals surface area contributed by atoms with Crippen molar-refractivity contribution in [3.63, 3.8) is 0 Å². The average Bonchev–Trinajstić information content (AvgIpc) is 3.00. The van der Waals surface area contributed by atoms with Gasteiger partial charge in [0.1, 0.15) is 5.82 Å². The minimum absolute atomic E-state index is 0.131. The van der Waals surface area contributed by atoms with Crippen LogP contribution in [-0.4, -0.2) is 22.3 Å². The van der Waals surface area contributed by atoms with Gasteiger partial charge in [0.25, 0.3) is 5.91 Å². The molecule has 0 radical (unpaired) electrons. The van der Waals surface area contributed by atoms with Crippen molar-refractivity contribution in [1.82, 2.24) is 15.6 Å². The zero-order valence-corrected chi connectivity index (χ0v) is 15.8. The van der Waals surface area contributed by atoms with Crippen LogP contribution in [0.1, 0.15) is 54.5 Å². The molecular weight excluding hydrogens is 355 g/mol. The number of hydrazone groups is 1. The number of amides is 1. The molecule has 0 saturated carbocycles. The number of halogens is 2. The van der Waals surface area contributed by atoms with Crippen molar-refractivity contribution >= 4 is 23.7 Å². The smallest absolute Gasteiger partial charge is 0.281 e. The molecule has 3 rings (SSSR count). The second-order valence-electron chi connectivity index (χ2n) is 7.67. The van der Waals surface area contributed by atoms with Gasteiger partial charge in [-0.3, -0.25) is 9.89 Å². The number of hydrogen-bond acceptors (Lipinski definition) is 3. The number of carbonyl (C=O) groups is 1. The van der Waals surface area contributed by atoms with Gasteiger partial charge in [-0.05, 0) is 42.7 Å². The number of nitrogens with one attached hydrogen (secondary N) is 2. The molecule has 1 aromatic heterocycles. The summed E-state index contributed by atoms with van der Waals surface area (Å²) in [6.07, 6.45) is 3.96. The van der Waals surface area contributed by atoms with Crippen LogP contribution in [0.4, 0.5) is 4.39 Å². The van der Waals surface area contributed by atoms with Gasteiger partial charge in [0.15, 0.2) is 5.69 Å². The number of fused-ring (bicyclic) bond motifs is 1. The second kappa shape index (κ2) is 7.19. The van der Waals surface area contributed by atoms with Gasteiger partial charge in [-0.15, -0.1) is 0 Å². The Kier molecular flexibility index (Phi) is 5.14. The fourth-order valence-electron chi connectivity index (χ4n) is 3.26. The topological polar surface area (TPSA) is 70.1 Å². The van der Waals surface area contributed by atoms with Gasteiger partial charge in [-0.25, -0.2) is 9.82 Å². The third-order valence-corrected chi connectivity index (χ3v) is 5.27. The molecular formula is C19H22ClFN4O. The van der Waals surface area contributed by atoms with Crippen LogP contribution in [0.2, 0.25) is 5.02 Å². The molecule has 2 aromatic rings. The lowest BCUT2D eigenvalue weighted by Gasteiger charge is -2.33. The number of aromatic nitrogens is 2. The van der Waals surface area contributed by atoms with Gasteiger partial charge >= 0.3 is 0 Å². The molecule has 26 heavy (non-hydrogen) atoms. The largest absolute Gasteiger partial charge is 0.292 e. The lowest BCUT2D eigenvalue weighted by atomic mass is 9.71. The maximum Gasteiger partial charge on any atom is 0.292 e. The summed E-state index contributed by atoms with van der Waals surface area (Å²) in [5.41, 5.74) is 5.03. The summed E-state index contributed by atoms with van der Waals surface area (Å²) < 4.78 is 13.7. The van der Waals surface area contributed by atoms with Crippen molar-refractivity contribution in [3.05, 3.63) is 51.6 Å². The molecule has 1 aliphatic carbocycles. The average molecular weight is 377 g/mol. The van der Waals surface area contributed by atoms with Crippen molar-refractivity contribution in [2.24, 2.45) is 16.4 Å². The quantitative estimate of drug-likeness (QED) is 0.625. The van der Waals surface area contributed by atoms with Crippen LogP contribution in [-0.2, 0) is 12.8 Å². The van der Waals surface area contributed by atoms with Crippen LogP contribution < -0.4 is 5.43 Å². The summed E-state index contributed by atoms with van der Waals surface area (Å²) in [6.45, 7) is 6.64. The molecule has 0 spiro atoms. The van der Waals surface area contributed by atoms with Gasteiger partial charge in [0.05, 0.1) is 11.2 Å². The number of nitrogens with zero attached hydrogens (tertiary/aromatic N) is 2. The third-order valence-electron chi connectivity index (χ3n) is 4.95. The molecule has 1 atom stereocenters. The highest BCUT2D eigenvalue weighted by Crippen LogP contribution is 2.37. The standard InChI is InChI=1S/C19H22ClFN4O/c1-19(2,3)11-7-8-16-12(9-11)17(24-23-16)18(26)25-22-10-13-14(20)5-4-6-15(13)21/h4-6,10-11H,7-9H2,1-3H3,(H,23,24)(H,25,26)/b22-10+. The molecule has 1 amide bonds. The second-order valence-corrected chi connectivity index (χ2v) is 8.08. The van der Waals surface area contributed by atoms with Crippen molar-refractivity contribution in [3.8, 4) is 0 Å². The van der Waals surface area contributed by atoms with E-state index in [1.54, 1.807) is 6.07 Å². The normalized spacial score (nSPS) is 17.3. The summed E-state index contributed by atoms with van der Waals surface area (Å²) in [6, 6.07) is 4.35. The molecule has 0 bridgehead atoms. The van der Waals surface area contributed by atoms with Crippen LogP contribution in [0.5, 0.6) is 0 Å². The van der Waals surface area contributed by atoms with E-state index < -0.39 is 11.7 Å². The fourth-order valence-corrected chi connectivity index (χ4v) is 3.48. The SMILES string of the molecule is CC(C)(C)C1CCc2[nH]nc(C(=O)N/N=C/c3c(F)cccc3Cl)c2C1. The van der Waals surface area contributed by atoms with Crippen LogP contribution in [0.15, 0.2) is 23.3 Å². The summed E-state index contributed by atoms with van der Waals surface area (Å²) in [5, 5.41) is 11.2. The highest BCUT2D eigenvalue weighted by molar-refractivity contribution is 6.33. The van der Waals surface area contributed by atoms with Crippen LogP contribution in [0, 0.1) is 17.2 Å². The van der Waals surface area contributed by atoms with Gasteiger partial charge in [0.2, 0.25) is 0 Å². The molecule has 1 unspecified atom stereocenters. The predicted octanol–water partition coefficient (Wildman–Crippen LogP) is 4.12. The van der Waals surface area contributed by atoms with E-state index in [9.17, 15) is 9.18 Å². The van der Waals surface area contributed by atoms with Crippen LogP contribution >= 0.6 is 11.6 Å². The lowest BCUT2D eigenvalue weighted by Crippen LogP contribution is -2.28. The monoisotopic (exact) mass is 376 g/mol. The van der Waals surface area contributed by atoms with E-state index in [0.29, 0.717) is 11.6 Å². The Bertz CT molecular complexity index is 833. The van der Waals surface area contributed by atoms with Gasteiger partial charge in [0, 0.05) is 16.8 Å². The minimum atomic E-state index is -0.499. The molecule has 5 nitrogen and oxygen atoms in total. The Morgan fingerprint density at radius 2 is 2.23 bits per heavy atom. The van der Waals surface area contributed by atoms with E-state index in [-0.39, 0.29) is 16.0 Å². The van der Waals surface area contributed by atoms with Gasteiger partial charge in [-0.2, -0.15) is 10.2 Å². The predicted molar refractivity (Wildman–Crippen MR) is 100 cm³/mol. The molecule has 0 fully saturated rings. The van der Waals surface area contributed by atoms with E-state index in [4.69, 9.17) is 11.6 Å². The molecule has 0 aliphatic heterocycles. The summed E-state index contributed by atoms with van der Waals surface area (Å²) in [5.74, 6) is -0.429. The number of aromatic amines is 1. The van der Waals surface area contributed by atoms with Gasteiger partial charge < -0.3 is 0 Å². The van der Waals surface area contributed by atoms with Crippen LogP contribution in [0.3, 0.4) is 0 Å². The Hall–Kier alpha value is -2.21. The van der Waals surface area contributed by atoms with Crippen molar-refractivity contribution in [1.29, 1.82) is 0 Å². The van der Waals surface area contributed by atoms with E-state index in [1.807, 2.05) is 0 Å². The maximum atomic E-state index is 13.7. The Morgan fingerprint density at radius 3 is 2.92 bits per heavy atom. The first-order chi connectivity index (χ1) is 12.3. The zero-order chi connectivity index (χ0) is 18.9. The minimum Gasteiger partial charge on any atom is -0.281 e. The van der Waals surface area contributed by atoms with E-state index in [1.165, 1.54) is 18.3 Å². The maximum absolute atomic E-state index is 13.7. The molecule has 1 heterocycles. The van der Waals surface area contributed by atoms with E-state index in [0.717, 1.165) is 30.5 Å². The van der Waals surface area contributed by atoms with E-state index in [2.05, 4.69) is 41.5 Å². The molecule has 1 aliphatic rings. The Morgan fingerprint density at radius 1 is 1.46 bits per heavy atom. The summed E-state index contributed by atoms with van der Waals surface area (Å²) in [7, 11) is 0. The van der Waals surface area contributed by atoms with Gasteiger partial charge in [-0.1, -0.05) is 38.4 Å². The first kappa shape index (κ1) is 18.6. The summed E-state index contributed by atoms with van der Waals surface area (Å²) in [4.78, 5) is 12.5.